The van der Waals surface area contributed by atoms with Gasteiger partial charge in [-0.05, 0) is 42.7 Å². The largest absolute Gasteiger partial charge is 0.454 e. The third kappa shape index (κ3) is 3.92. The summed E-state index contributed by atoms with van der Waals surface area (Å²) in [6.07, 6.45) is 0.697. The van der Waals surface area contributed by atoms with E-state index < -0.39 is 0 Å². The van der Waals surface area contributed by atoms with Crippen LogP contribution in [0.15, 0.2) is 40.8 Å². The van der Waals surface area contributed by atoms with Crippen LogP contribution < -0.4 is 14.8 Å². The van der Waals surface area contributed by atoms with E-state index in [0.29, 0.717) is 23.8 Å². The van der Waals surface area contributed by atoms with Crippen LogP contribution in [0.5, 0.6) is 11.5 Å². The van der Waals surface area contributed by atoms with Gasteiger partial charge in [-0.2, -0.15) is 0 Å². The summed E-state index contributed by atoms with van der Waals surface area (Å²) in [6.45, 7) is 4.31. The zero-order chi connectivity index (χ0) is 18.8. The van der Waals surface area contributed by atoms with Crippen LogP contribution in [0, 0.1) is 13.8 Å². The van der Waals surface area contributed by atoms with E-state index in [1.54, 1.807) is 12.1 Å². The van der Waals surface area contributed by atoms with Gasteiger partial charge in [-0.3, -0.25) is 10.1 Å². The Morgan fingerprint density at radius 2 is 1.93 bits per heavy atom. The number of nitrogens with zero attached hydrogens (tertiary/aromatic N) is 2. The van der Waals surface area contributed by atoms with E-state index in [4.69, 9.17) is 13.9 Å². The second kappa shape index (κ2) is 7.11. The van der Waals surface area contributed by atoms with Gasteiger partial charge in [-0.15, -0.1) is 5.10 Å². The third-order valence-corrected chi connectivity index (χ3v) is 4.35. The first-order valence-corrected chi connectivity index (χ1v) is 8.64. The van der Waals surface area contributed by atoms with Gasteiger partial charge in [0.25, 0.3) is 0 Å². The third-order valence-electron chi connectivity index (χ3n) is 4.35. The van der Waals surface area contributed by atoms with Crippen molar-refractivity contribution in [2.24, 2.45) is 0 Å². The van der Waals surface area contributed by atoms with Crippen molar-refractivity contribution in [2.45, 2.75) is 26.7 Å². The number of aryl methyl sites for hydroxylation is 2. The lowest BCUT2D eigenvalue weighted by atomic mass is 10.0. The van der Waals surface area contributed by atoms with Gasteiger partial charge in [0, 0.05) is 0 Å². The molecule has 0 bridgehead atoms. The van der Waals surface area contributed by atoms with Crippen molar-refractivity contribution >= 4 is 11.9 Å². The number of benzene rings is 2. The number of nitrogens with one attached hydrogen (secondary N) is 1. The number of hydrogen-bond acceptors (Lipinski definition) is 6. The molecule has 7 nitrogen and oxygen atoms in total. The predicted octanol–water partition coefficient (Wildman–Crippen LogP) is 3.19. The summed E-state index contributed by atoms with van der Waals surface area (Å²) in [4.78, 5) is 12.2. The van der Waals surface area contributed by atoms with Crippen LogP contribution in [0.3, 0.4) is 0 Å². The highest BCUT2D eigenvalue weighted by molar-refractivity contribution is 5.90. The number of carbonyl (C=O) groups excluding carboxylic acids is 1. The second-order valence-corrected chi connectivity index (χ2v) is 6.52. The fraction of sp³-hybridized carbons (Fsp3) is 0.250. The predicted molar refractivity (Wildman–Crippen MR) is 97.9 cm³/mol. The topological polar surface area (TPSA) is 86.5 Å². The molecule has 1 aromatic heterocycles. The van der Waals surface area contributed by atoms with Crippen LogP contribution in [0.25, 0.3) is 0 Å². The summed E-state index contributed by atoms with van der Waals surface area (Å²) in [5, 5.41) is 10.6. The van der Waals surface area contributed by atoms with Gasteiger partial charge in [-0.25, -0.2) is 0 Å². The summed E-state index contributed by atoms with van der Waals surface area (Å²) in [6, 6.07) is 11.7. The Morgan fingerprint density at radius 1 is 1.07 bits per heavy atom. The fourth-order valence-corrected chi connectivity index (χ4v) is 2.98. The highest BCUT2D eigenvalue weighted by Crippen LogP contribution is 2.32. The number of ether oxygens (including phenoxy) is 2. The maximum atomic E-state index is 12.2. The lowest BCUT2D eigenvalue weighted by Gasteiger charge is -2.04. The Balaban J connectivity index is 1.38. The summed E-state index contributed by atoms with van der Waals surface area (Å²) in [7, 11) is 0. The average molecular weight is 365 g/mol. The molecule has 1 aliphatic heterocycles. The van der Waals surface area contributed by atoms with E-state index >= 15 is 0 Å². The summed E-state index contributed by atoms with van der Waals surface area (Å²) in [5.74, 6) is 1.55. The Morgan fingerprint density at radius 3 is 2.78 bits per heavy atom. The van der Waals surface area contributed by atoms with Crippen LogP contribution in [0.1, 0.15) is 28.1 Å². The molecule has 7 heteroatoms. The minimum absolute atomic E-state index is 0.0977. The molecule has 0 saturated heterocycles. The number of hydrogen-bond donors (Lipinski definition) is 1. The molecule has 1 N–H and O–H groups in total. The number of anilines is 1. The first kappa shape index (κ1) is 17.1. The number of fused-ring (bicyclic) bond motifs is 1. The van der Waals surface area contributed by atoms with Crippen LogP contribution in [-0.2, 0) is 17.6 Å². The van der Waals surface area contributed by atoms with Gasteiger partial charge >= 0.3 is 6.01 Å². The number of amides is 1. The maximum Gasteiger partial charge on any atom is 0.322 e. The average Bonchev–Trinajstić information content (AvgIpc) is 3.26. The Kier molecular flexibility index (Phi) is 4.50. The van der Waals surface area contributed by atoms with E-state index in [-0.39, 0.29) is 25.1 Å². The fourth-order valence-electron chi connectivity index (χ4n) is 2.98. The summed E-state index contributed by atoms with van der Waals surface area (Å²) in [5.41, 5.74) is 4.30. The van der Waals surface area contributed by atoms with Crippen LogP contribution in [-0.4, -0.2) is 22.9 Å². The molecule has 0 aliphatic carbocycles. The molecule has 2 aromatic carbocycles. The number of aromatic nitrogens is 2. The van der Waals surface area contributed by atoms with E-state index in [2.05, 4.69) is 28.5 Å². The minimum atomic E-state index is -0.240. The molecule has 1 aliphatic rings. The van der Waals surface area contributed by atoms with E-state index in [1.807, 2.05) is 25.1 Å². The van der Waals surface area contributed by atoms with Crippen molar-refractivity contribution in [3.8, 4) is 11.5 Å². The molecular weight excluding hydrogens is 346 g/mol. The van der Waals surface area contributed by atoms with Crippen molar-refractivity contribution in [1.82, 2.24) is 10.2 Å². The van der Waals surface area contributed by atoms with Gasteiger partial charge in [-0.1, -0.05) is 34.9 Å². The molecule has 0 atom stereocenters. The van der Waals surface area contributed by atoms with E-state index in [9.17, 15) is 4.79 Å². The highest BCUT2D eigenvalue weighted by atomic mass is 16.7. The molecule has 0 unspecified atom stereocenters. The van der Waals surface area contributed by atoms with Crippen LogP contribution >= 0.6 is 0 Å². The Bertz CT molecular complexity index is 997. The first-order valence-electron chi connectivity index (χ1n) is 8.64. The molecule has 3 aromatic rings. The van der Waals surface area contributed by atoms with Gasteiger partial charge in [0.05, 0.1) is 12.8 Å². The minimum Gasteiger partial charge on any atom is -0.454 e. The maximum absolute atomic E-state index is 12.2. The molecule has 2 heterocycles. The zero-order valence-electron chi connectivity index (χ0n) is 15.1. The van der Waals surface area contributed by atoms with Crippen molar-refractivity contribution in [2.75, 3.05) is 12.1 Å². The van der Waals surface area contributed by atoms with E-state index in [1.165, 1.54) is 11.1 Å². The standard InChI is InChI=1S/C20H19N3O4/c1-12-3-5-15(13(2)7-12)10-19-22-23-20(27-19)21-18(24)9-14-4-6-16-17(8-14)26-11-25-16/h3-8H,9-11H2,1-2H3,(H,21,23,24). The van der Waals surface area contributed by atoms with Crippen LogP contribution in [0.2, 0.25) is 0 Å². The molecule has 0 spiro atoms. The molecule has 4 rings (SSSR count). The molecule has 0 radical (unpaired) electrons. The van der Waals surface area contributed by atoms with Crippen LogP contribution in [0.4, 0.5) is 6.01 Å². The van der Waals surface area contributed by atoms with Crippen molar-refractivity contribution in [3.63, 3.8) is 0 Å². The number of rotatable bonds is 5. The van der Waals surface area contributed by atoms with Crippen molar-refractivity contribution < 1.29 is 18.7 Å². The molecule has 0 saturated carbocycles. The summed E-state index contributed by atoms with van der Waals surface area (Å²) < 4.78 is 16.1. The monoisotopic (exact) mass is 365 g/mol. The van der Waals surface area contributed by atoms with Gasteiger partial charge in [0.2, 0.25) is 18.6 Å². The highest BCUT2D eigenvalue weighted by Gasteiger charge is 2.16. The Labute approximate surface area is 156 Å². The molecule has 138 valence electrons. The van der Waals surface area contributed by atoms with Crippen molar-refractivity contribution in [3.05, 3.63) is 64.5 Å². The zero-order valence-corrected chi connectivity index (χ0v) is 15.1. The van der Waals surface area contributed by atoms with Gasteiger partial charge in [0.15, 0.2) is 11.5 Å². The van der Waals surface area contributed by atoms with Gasteiger partial charge in [0.1, 0.15) is 0 Å². The lowest BCUT2D eigenvalue weighted by molar-refractivity contribution is -0.115. The van der Waals surface area contributed by atoms with E-state index in [0.717, 1.165) is 11.1 Å². The SMILES string of the molecule is Cc1ccc(Cc2nnc(NC(=O)Cc3ccc4c(c3)OCO4)o2)c(C)c1. The lowest BCUT2D eigenvalue weighted by Crippen LogP contribution is -2.14. The Hall–Kier alpha value is -3.35. The first-order chi connectivity index (χ1) is 13.1. The quantitative estimate of drug-likeness (QED) is 0.747. The summed E-state index contributed by atoms with van der Waals surface area (Å²) >= 11 is 0. The normalized spacial score (nSPS) is 12.2. The molecule has 27 heavy (non-hydrogen) atoms. The molecule has 0 fully saturated rings. The van der Waals surface area contributed by atoms with Crippen molar-refractivity contribution in [1.29, 1.82) is 0 Å². The van der Waals surface area contributed by atoms with Gasteiger partial charge < -0.3 is 13.9 Å². The molecular formula is C20H19N3O4. The number of carbonyl (C=O) groups is 1. The second-order valence-electron chi connectivity index (χ2n) is 6.52. The smallest absolute Gasteiger partial charge is 0.322 e. The molecule has 1 amide bonds.